The quantitative estimate of drug-likeness (QED) is 0.705. The summed E-state index contributed by atoms with van der Waals surface area (Å²) in [6.07, 6.45) is 1.50. The third-order valence-corrected chi connectivity index (χ3v) is 3.44. The van der Waals surface area contributed by atoms with Gasteiger partial charge in [-0.25, -0.2) is 0 Å². The molecule has 3 rings (SSSR count). The first-order valence-corrected chi connectivity index (χ1v) is 6.75. The molecule has 0 atom stereocenters. The molecule has 0 aliphatic heterocycles. The summed E-state index contributed by atoms with van der Waals surface area (Å²) in [5, 5.41) is 10.1. The van der Waals surface area contributed by atoms with E-state index in [9.17, 15) is 4.79 Å². The first-order chi connectivity index (χ1) is 9.74. The predicted octanol–water partition coefficient (Wildman–Crippen LogP) is 3.19. The number of hydrogen-bond acceptors (Lipinski definition) is 5. The van der Waals surface area contributed by atoms with E-state index in [0.29, 0.717) is 11.3 Å². The molecular weight excluding hydrogens is 373 g/mol. The molecule has 100 valence electrons. The van der Waals surface area contributed by atoms with Gasteiger partial charge >= 0.3 is 6.01 Å². The van der Waals surface area contributed by atoms with Crippen molar-refractivity contribution in [3.05, 3.63) is 51.8 Å². The fourth-order valence-corrected chi connectivity index (χ4v) is 2.22. The van der Waals surface area contributed by atoms with Crippen molar-refractivity contribution in [2.75, 3.05) is 5.32 Å². The highest BCUT2D eigenvalue weighted by Gasteiger charge is 2.15. The van der Waals surface area contributed by atoms with E-state index >= 15 is 0 Å². The number of hydrogen-bond donors (Lipinski definition) is 1. The minimum atomic E-state index is -0.301. The van der Waals surface area contributed by atoms with E-state index < -0.39 is 0 Å². The topological polar surface area (TPSA) is 81.2 Å². The minimum Gasteiger partial charge on any atom is -0.459 e. The highest BCUT2D eigenvalue weighted by Crippen LogP contribution is 2.20. The molecule has 0 aliphatic rings. The summed E-state index contributed by atoms with van der Waals surface area (Å²) < 4.78 is 11.3. The molecule has 1 N–H and O–H groups in total. The number of benzene rings is 1. The number of aromatic nitrogens is 2. The average Bonchev–Trinajstić information content (AvgIpc) is 3.09. The van der Waals surface area contributed by atoms with Gasteiger partial charge in [0.05, 0.1) is 11.8 Å². The van der Waals surface area contributed by atoms with Gasteiger partial charge in [-0.05, 0) is 46.9 Å². The third kappa shape index (κ3) is 2.57. The van der Waals surface area contributed by atoms with E-state index in [1.54, 1.807) is 24.3 Å². The Balaban J connectivity index is 1.79. The number of furan rings is 1. The van der Waals surface area contributed by atoms with Crippen LogP contribution in [0.15, 0.2) is 51.5 Å². The maximum absolute atomic E-state index is 12.1. The van der Waals surface area contributed by atoms with Crippen LogP contribution in [0.2, 0.25) is 0 Å². The lowest BCUT2D eigenvalue weighted by Gasteiger charge is -2.02. The summed E-state index contributed by atoms with van der Waals surface area (Å²) in [6.45, 7) is 0. The number of amides is 1. The molecule has 0 spiro atoms. The van der Waals surface area contributed by atoms with Gasteiger partial charge in [-0.2, -0.15) is 0 Å². The molecule has 0 unspecified atom stereocenters. The second-order valence-corrected chi connectivity index (χ2v) is 4.99. The van der Waals surface area contributed by atoms with E-state index in [-0.39, 0.29) is 17.8 Å². The lowest BCUT2D eigenvalue weighted by molar-refractivity contribution is 0.102. The van der Waals surface area contributed by atoms with Crippen LogP contribution in [0, 0.1) is 3.57 Å². The number of nitrogens with one attached hydrogen (secondary N) is 1. The Hall–Kier alpha value is -2.16. The van der Waals surface area contributed by atoms with Crippen LogP contribution < -0.4 is 5.32 Å². The van der Waals surface area contributed by atoms with Gasteiger partial charge in [0, 0.05) is 3.57 Å². The molecule has 0 radical (unpaired) electrons. The van der Waals surface area contributed by atoms with Crippen molar-refractivity contribution >= 4 is 34.5 Å². The van der Waals surface area contributed by atoms with Crippen LogP contribution >= 0.6 is 22.6 Å². The van der Waals surface area contributed by atoms with Crippen LogP contribution in [0.5, 0.6) is 0 Å². The van der Waals surface area contributed by atoms with Crippen LogP contribution in [0.1, 0.15) is 10.4 Å². The normalized spacial score (nSPS) is 10.4. The molecule has 0 fully saturated rings. The second-order valence-electron chi connectivity index (χ2n) is 3.82. The molecule has 7 heteroatoms. The number of carbonyl (C=O) groups is 1. The van der Waals surface area contributed by atoms with E-state index in [1.165, 1.54) is 6.26 Å². The summed E-state index contributed by atoms with van der Waals surface area (Å²) in [6, 6.07) is 10.7. The molecule has 0 saturated carbocycles. The zero-order valence-electron chi connectivity index (χ0n) is 10.0. The van der Waals surface area contributed by atoms with Gasteiger partial charge in [0.15, 0.2) is 5.76 Å². The average molecular weight is 381 g/mol. The van der Waals surface area contributed by atoms with Gasteiger partial charge in [-0.1, -0.05) is 17.2 Å². The standard InChI is InChI=1S/C13H8IN3O3/c14-9-5-2-1-4-8(9)11(18)15-13-17-16-12(20-13)10-6-3-7-19-10/h1-7H,(H,15,17,18). The summed E-state index contributed by atoms with van der Waals surface area (Å²) in [5.74, 6) is 0.366. The third-order valence-electron chi connectivity index (χ3n) is 2.50. The Bertz CT molecular complexity index is 737. The molecule has 1 aromatic carbocycles. The van der Waals surface area contributed by atoms with Crippen molar-refractivity contribution in [1.29, 1.82) is 0 Å². The molecule has 0 aliphatic carbocycles. The number of halogens is 1. The zero-order valence-corrected chi connectivity index (χ0v) is 12.2. The van der Waals surface area contributed by atoms with E-state index in [1.807, 2.05) is 12.1 Å². The molecule has 6 nitrogen and oxygen atoms in total. The largest absolute Gasteiger partial charge is 0.459 e. The summed E-state index contributed by atoms with van der Waals surface area (Å²) in [4.78, 5) is 12.1. The number of carbonyl (C=O) groups excluding carboxylic acids is 1. The molecular formula is C13H8IN3O3. The lowest BCUT2D eigenvalue weighted by atomic mass is 10.2. The van der Waals surface area contributed by atoms with Crippen molar-refractivity contribution in [3.8, 4) is 11.7 Å². The maximum Gasteiger partial charge on any atom is 0.322 e. The lowest BCUT2D eigenvalue weighted by Crippen LogP contribution is -2.13. The van der Waals surface area contributed by atoms with Crippen LogP contribution in [-0.2, 0) is 0 Å². The van der Waals surface area contributed by atoms with Crippen molar-refractivity contribution in [2.24, 2.45) is 0 Å². The van der Waals surface area contributed by atoms with Gasteiger partial charge in [-0.3, -0.25) is 10.1 Å². The number of anilines is 1. The van der Waals surface area contributed by atoms with Crippen LogP contribution in [-0.4, -0.2) is 16.1 Å². The zero-order chi connectivity index (χ0) is 13.9. The smallest absolute Gasteiger partial charge is 0.322 e. The molecule has 1 amide bonds. The Kier molecular flexibility index (Phi) is 3.50. The first-order valence-electron chi connectivity index (χ1n) is 5.67. The van der Waals surface area contributed by atoms with Crippen LogP contribution in [0.4, 0.5) is 6.01 Å². The van der Waals surface area contributed by atoms with Gasteiger partial charge < -0.3 is 8.83 Å². The van der Waals surface area contributed by atoms with Crippen LogP contribution in [0.25, 0.3) is 11.7 Å². The van der Waals surface area contributed by atoms with E-state index in [0.717, 1.165) is 3.57 Å². The SMILES string of the molecule is O=C(Nc1nnc(-c2ccco2)o1)c1ccccc1I. The Labute approximate surface area is 127 Å². The first kappa shape index (κ1) is 12.9. The van der Waals surface area contributed by atoms with Gasteiger partial charge in [0.1, 0.15) is 0 Å². The van der Waals surface area contributed by atoms with E-state index in [2.05, 4.69) is 38.1 Å². The highest BCUT2D eigenvalue weighted by atomic mass is 127. The number of nitrogens with zero attached hydrogens (tertiary/aromatic N) is 2. The monoisotopic (exact) mass is 381 g/mol. The molecule has 20 heavy (non-hydrogen) atoms. The second kappa shape index (κ2) is 5.45. The molecule has 0 saturated heterocycles. The van der Waals surface area contributed by atoms with Crippen molar-refractivity contribution in [3.63, 3.8) is 0 Å². The fourth-order valence-electron chi connectivity index (χ4n) is 1.58. The summed E-state index contributed by atoms with van der Waals surface area (Å²) in [5.41, 5.74) is 0.547. The summed E-state index contributed by atoms with van der Waals surface area (Å²) >= 11 is 2.09. The van der Waals surface area contributed by atoms with Gasteiger partial charge in [0.2, 0.25) is 0 Å². The molecule has 3 aromatic rings. The molecule has 0 bridgehead atoms. The van der Waals surface area contributed by atoms with Crippen molar-refractivity contribution < 1.29 is 13.6 Å². The van der Waals surface area contributed by atoms with E-state index in [4.69, 9.17) is 8.83 Å². The minimum absolute atomic E-state index is 0.0288. The van der Waals surface area contributed by atoms with Gasteiger partial charge in [-0.15, -0.1) is 5.10 Å². The van der Waals surface area contributed by atoms with Crippen molar-refractivity contribution in [2.45, 2.75) is 0 Å². The Morgan fingerprint density at radius 2 is 2.00 bits per heavy atom. The molecule has 2 heterocycles. The molecule has 2 aromatic heterocycles. The Morgan fingerprint density at radius 1 is 1.15 bits per heavy atom. The van der Waals surface area contributed by atoms with Crippen molar-refractivity contribution in [1.82, 2.24) is 10.2 Å². The number of rotatable bonds is 3. The summed E-state index contributed by atoms with van der Waals surface area (Å²) in [7, 11) is 0. The van der Waals surface area contributed by atoms with Crippen LogP contribution in [0.3, 0.4) is 0 Å². The highest BCUT2D eigenvalue weighted by molar-refractivity contribution is 14.1. The predicted molar refractivity (Wildman–Crippen MR) is 79.1 cm³/mol. The fraction of sp³-hybridized carbons (Fsp3) is 0. The van der Waals surface area contributed by atoms with Gasteiger partial charge in [0.25, 0.3) is 11.8 Å². The maximum atomic E-state index is 12.1. The Morgan fingerprint density at radius 3 is 2.75 bits per heavy atom.